The minimum atomic E-state index is -0.0167. The maximum Gasteiger partial charge on any atom is 0.180 e. The number of aliphatic hydroxyl groups is 1. The first kappa shape index (κ1) is 27.3. The number of Topliss-reactive ketones (excluding diaryl/α,β-unsaturated/α-hetero) is 1. The van der Waals surface area contributed by atoms with Crippen molar-refractivity contribution in [2.45, 2.75) is 32.6 Å². The largest absolute Gasteiger partial charge is 0.396 e. The van der Waals surface area contributed by atoms with Gasteiger partial charge in [0.1, 0.15) is 28.9 Å². The van der Waals surface area contributed by atoms with Crippen LogP contribution in [0.1, 0.15) is 35.6 Å². The summed E-state index contributed by atoms with van der Waals surface area (Å²) in [5, 5.41) is 15.7. The molecule has 0 aliphatic carbocycles. The van der Waals surface area contributed by atoms with E-state index in [1.165, 1.54) is 5.69 Å². The van der Waals surface area contributed by atoms with Crippen LogP contribution in [-0.4, -0.2) is 68.6 Å². The number of carbonyl (C=O) groups excluding carboxylic acids is 1. The van der Waals surface area contributed by atoms with Gasteiger partial charge < -0.3 is 20.6 Å². The lowest BCUT2D eigenvalue weighted by Crippen LogP contribution is -2.43. The molecule has 3 aromatic heterocycles. The van der Waals surface area contributed by atoms with Gasteiger partial charge in [-0.25, -0.2) is 24.9 Å². The molecule has 1 aromatic carbocycles. The lowest BCUT2D eigenvalue weighted by Gasteiger charge is -2.29. The van der Waals surface area contributed by atoms with E-state index in [0.29, 0.717) is 53.9 Å². The highest BCUT2D eigenvalue weighted by molar-refractivity contribution is 5.80. The van der Waals surface area contributed by atoms with Gasteiger partial charge in [-0.05, 0) is 49.2 Å². The first-order valence-electron chi connectivity index (χ1n) is 13.6. The molecule has 10 nitrogen and oxygen atoms in total. The van der Waals surface area contributed by atoms with Crippen molar-refractivity contribution in [3.8, 4) is 11.5 Å². The smallest absolute Gasteiger partial charge is 0.180 e. The number of aryl methyl sites for hydroxylation is 1. The van der Waals surface area contributed by atoms with E-state index in [4.69, 9.17) is 10.1 Å². The monoisotopic (exact) mass is 538 g/mol. The van der Waals surface area contributed by atoms with Crippen LogP contribution in [0, 0.1) is 6.92 Å². The molecule has 3 N–H and O–H groups in total. The maximum atomic E-state index is 12.4. The number of hydrogen-bond acceptors (Lipinski definition) is 10. The van der Waals surface area contributed by atoms with Gasteiger partial charge in [-0.3, -0.25) is 4.79 Å². The molecule has 0 saturated carbocycles. The van der Waals surface area contributed by atoms with Crippen LogP contribution in [0.25, 0.3) is 11.5 Å². The normalized spacial score (nSPS) is 13.3. The van der Waals surface area contributed by atoms with Crippen molar-refractivity contribution >= 4 is 23.1 Å². The molecular weight excluding hydrogens is 504 g/mol. The SMILES string of the molecule is Cc1cccc(-c2nc(CC(=O)CCCO)cc(Nc3ccnc(Cc4ccc(N5CCNCC5)cc4)n3)n2)n1. The highest BCUT2D eigenvalue weighted by atomic mass is 16.3. The quantitative estimate of drug-likeness (QED) is 0.262. The molecule has 1 fully saturated rings. The Morgan fingerprint density at radius 2 is 1.82 bits per heavy atom. The third kappa shape index (κ3) is 7.43. The van der Waals surface area contributed by atoms with Crippen LogP contribution in [0.3, 0.4) is 0 Å². The molecule has 5 rings (SSSR count). The number of nitrogens with one attached hydrogen (secondary N) is 2. The van der Waals surface area contributed by atoms with Gasteiger partial charge in [0, 0.05) is 75.7 Å². The standard InChI is InChI=1S/C30H34N8O2/c1-21-4-2-6-26(33-21)30-34-23(19-25(40)5-3-17-39)20-29(37-30)36-27-11-12-32-28(35-27)18-22-7-9-24(10-8-22)38-15-13-31-14-16-38/h2,4,6-12,20,31,39H,3,5,13-19H2,1H3,(H,32,34,35,36,37). The van der Waals surface area contributed by atoms with Gasteiger partial charge in [0.2, 0.25) is 0 Å². The van der Waals surface area contributed by atoms with E-state index in [1.54, 1.807) is 18.3 Å². The summed E-state index contributed by atoms with van der Waals surface area (Å²) in [5.74, 6) is 2.24. The number of nitrogens with zero attached hydrogens (tertiary/aromatic N) is 6. The Morgan fingerprint density at radius 3 is 2.60 bits per heavy atom. The lowest BCUT2D eigenvalue weighted by molar-refractivity contribution is -0.118. The Kier molecular flexibility index (Phi) is 9.00. The minimum Gasteiger partial charge on any atom is -0.396 e. The third-order valence-electron chi connectivity index (χ3n) is 6.63. The van der Waals surface area contributed by atoms with Crippen molar-refractivity contribution in [2.75, 3.05) is 43.0 Å². The molecule has 0 unspecified atom stereocenters. The topological polar surface area (TPSA) is 129 Å². The first-order valence-corrected chi connectivity index (χ1v) is 13.6. The number of piperazine rings is 1. The molecule has 1 aliphatic heterocycles. The van der Waals surface area contributed by atoms with Crippen LogP contribution in [0.4, 0.5) is 17.3 Å². The van der Waals surface area contributed by atoms with Crippen molar-refractivity contribution in [3.05, 3.63) is 83.6 Å². The van der Waals surface area contributed by atoms with Crippen LogP contribution in [0.15, 0.2) is 60.8 Å². The zero-order chi connectivity index (χ0) is 27.7. The fourth-order valence-corrected chi connectivity index (χ4v) is 4.62. The molecule has 0 spiro atoms. The zero-order valence-corrected chi connectivity index (χ0v) is 22.7. The van der Waals surface area contributed by atoms with Gasteiger partial charge in [-0.15, -0.1) is 0 Å². The molecule has 0 bridgehead atoms. The molecular formula is C30H34N8O2. The summed E-state index contributed by atoms with van der Waals surface area (Å²) in [6.45, 7) is 5.93. The Balaban J connectivity index is 1.33. The van der Waals surface area contributed by atoms with Gasteiger partial charge in [0.05, 0.1) is 5.69 Å². The molecule has 0 amide bonds. The highest BCUT2D eigenvalue weighted by Gasteiger charge is 2.14. The number of aromatic nitrogens is 5. The van der Waals surface area contributed by atoms with Gasteiger partial charge in [0.15, 0.2) is 5.82 Å². The summed E-state index contributed by atoms with van der Waals surface area (Å²) >= 11 is 0. The van der Waals surface area contributed by atoms with Crippen molar-refractivity contribution < 1.29 is 9.90 Å². The maximum absolute atomic E-state index is 12.4. The number of pyridine rings is 1. The van der Waals surface area contributed by atoms with Crippen molar-refractivity contribution in [3.63, 3.8) is 0 Å². The summed E-state index contributed by atoms with van der Waals surface area (Å²) in [6.07, 6.45) is 3.21. The number of ketones is 1. The number of benzene rings is 1. The predicted octanol–water partition coefficient (Wildman–Crippen LogP) is 3.27. The molecule has 206 valence electrons. The van der Waals surface area contributed by atoms with Crippen LogP contribution >= 0.6 is 0 Å². The molecule has 4 heterocycles. The molecule has 0 atom stereocenters. The summed E-state index contributed by atoms with van der Waals surface area (Å²) < 4.78 is 0. The number of aliphatic hydroxyl groups excluding tert-OH is 1. The fourth-order valence-electron chi connectivity index (χ4n) is 4.62. The highest BCUT2D eigenvalue weighted by Crippen LogP contribution is 2.21. The molecule has 4 aromatic rings. The molecule has 40 heavy (non-hydrogen) atoms. The van der Waals surface area contributed by atoms with Crippen LogP contribution < -0.4 is 15.5 Å². The van der Waals surface area contributed by atoms with E-state index in [1.807, 2.05) is 25.1 Å². The third-order valence-corrected chi connectivity index (χ3v) is 6.63. The number of anilines is 3. The second-order valence-electron chi connectivity index (χ2n) is 9.84. The number of hydrogen-bond donors (Lipinski definition) is 3. The second kappa shape index (κ2) is 13.2. The Hall–Kier alpha value is -4.28. The zero-order valence-electron chi connectivity index (χ0n) is 22.7. The second-order valence-corrected chi connectivity index (χ2v) is 9.84. The van der Waals surface area contributed by atoms with E-state index in [9.17, 15) is 4.79 Å². The van der Waals surface area contributed by atoms with Crippen molar-refractivity contribution in [2.24, 2.45) is 0 Å². The van der Waals surface area contributed by atoms with Crippen LogP contribution in [0.5, 0.6) is 0 Å². The van der Waals surface area contributed by atoms with Gasteiger partial charge in [0.25, 0.3) is 0 Å². The predicted molar refractivity (Wildman–Crippen MR) is 155 cm³/mol. The minimum absolute atomic E-state index is 0.00847. The van der Waals surface area contributed by atoms with E-state index in [0.717, 1.165) is 37.4 Å². The summed E-state index contributed by atoms with van der Waals surface area (Å²) in [4.78, 5) is 37.8. The Morgan fingerprint density at radius 1 is 1.00 bits per heavy atom. The molecule has 1 saturated heterocycles. The molecule has 10 heteroatoms. The number of carbonyl (C=O) groups is 1. The summed E-state index contributed by atoms with van der Waals surface area (Å²) in [5.41, 5.74) is 4.42. The van der Waals surface area contributed by atoms with E-state index >= 15 is 0 Å². The average molecular weight is 539 g/mol. The molecule has 0 radical (unpaired) electrons. The van der Waals surface area contributed by atoms with Crippen molar-refractivity contribution in [1.29, 1.82) is 0 Å². The molecule has 1 aliphatic rings. The van der Waals surface area contributed by atoms with Crippen LogP contribution in [-0.2, 0) is 17.6 Å². The van der Waals surface area contributed by atoms with E-state index in [2.05, 4.69) is 59.7 Å². The van der Waals surface area contributed by atoms with Gasteiger partial charge >= 0.3 is 0 Å². The lowest BCUT2D eigenvalue weighted by atomic mass is 10.1. The summed E-state index contributed by atoms with van der Waals surface area (Å²) in [6, 6.07) is 17.8. The number of rotatable bonds is 11. The van der Waals surface area contributed by atoms with Gasteiger partial charge in [-0.2, -0.15) is 0 Å². The summed E-state index contributed by atoms with van der Waals surface area (Å²) in [7, 11) is 0. The average Bonchev–Trinajstić information content (AvgIpc) is 2.97. The van der Waals surface area contributed by atoms with E-state index < -0.39 is 0 Å². The van der Waals surface area contributed by atoms with Crippen LogP contribution in [0.2, 0.25) is 0 Å². The Bertz CT molecular complexity index is 1440. The Labute approximate surface area is 234 Å². The fraction of sp³-hybridized carbons (Fsp3) is 0.333. The van der Waals surface area contributed by atoms with E-state index in [-0.39, 0.29) is 18.8 Å². The van der Waals surface area contributed by atoms with Crippen molar-refractivity contribution in [1.82, 2.24) is 30.2 Å². The first-order chi connectivity index (χ1) is 19.6. The van der Waals surface area contributed by atoms with Gasteiger partial charge in [-0.1, -0.05) is 18.2 Å².